The van der Waals surface area contributed by atoms with Crippen LogP contribution in [-0.2, 0) is 25.7 Å². The Morgan fingerprint density at radius 2 is 2.18 bits per heavy atom. The third kappa shape index (κ3) is 3.53. The van der Waals surface area contributed by atoms with E-state index in [1.165, 1.54) is 29.6 Å². The molecule has 2 amide bonds. The Morgan fingerprint density at radius 1 is 1.46 bits per heavy atom. The van der Waals surface area contributed by atoms with Gasteiger partial charge < -0.3 is 15.2 Å². The standard InChI is InChI=1S/C16H17BrN4O6S/c1-3-20-12(9(17)4-18-20)13(23)19-10-14(24)21-11(16(25)26)8(5-27-7(2)22)6-28-15(10)21/h4,10,15H,3,5-6H2,1-2H3,(H,19,23)(H,25,26)/t10-,15+/m1/s1. The Kier molecular flexibility index (Phi) is 5.79. The van der Waals surface area contributed by atoms with E-state index in [0.717, 1.165) is 4.90 Å². The van der Waals surface area contributed by atoms with Gasteiger partial charge in [0, 0.05) is 24.8 Å². The molecule has 1 aromatic rings. The molecule has 0 radical (unpaired) electrons. The third-order valence-corrected chi connectivity index (χ3v) is 6.22. The summed E-state index contributed by atoms with van der Waals surface area (Å²) in [6.07, 6.45) is 1.50. The fourth-order valence-electron chi connectivity index (χ4n) is 3.02. The maximum atomic E-state index is 12.6. The highest BCUT2D eigenvalue weighted by atomic mass is 79.9. The highest BCUT2D eigenvalue weighted by Gasteiger charge is 2.54. The van der Waals surface area contributed by atoms with Crippen molar-refractivity contribution in [2.24, 2.45) is 0 Å². The largest absolute Gasteiger partial charge is 0.477 e. The molecule has 2 atom stereocenters. The number of rotatable bonds is 6. The number of aliphatic carboxylic acids is 1. The number of hydrogen-bond donors (Lipinski definition) is 2. The average Bonchev–Trinajstić information content (AvgIpc) is 3.03. The average molecular weight is 473 g/mol. The van der Waals surface area contributed by atoms with Crippen LogP contribution in [0.4, 0.5) is 0 Å². The van der Waals surface area contributed by atoms with E-state index >= 15 is 0 Å². The predicted octanol–water partition coefficient (Wildman–Crippen LogP) is 0.581. The molecule has 1 aromatic heterocycles. The monoisotopic (exact) mass is 472 g/mol. The zero-order valence-corrected chi connectivity index (χ0v) is 17.4. The number of amides is 2. The van der Waals surface area contributed by atoms with Gasteiger partial charge >= 0.3 is 11.9 Å². The first-order chi connectivity index (χ1) is 13.3. The number of aromatic nitrogens is 2. The van der Waals surface area contributed by atoms with E-state index in [4.69, 9.17) is 4.74 Å². The van der Waals surface area contributed by atoms with Crippen LogP contribution in [0, 0.1) is 0 Å². The van der Waals surface area contributed by atoms with Crippen LogP contribution in [0.5, 0.6) is 0 Å². The molecule has 10 nitrogen and oxygen atoms in total. The summed E-state index contributed by atoms with van der Waals surface area (Å²) >= 11 is 4.57. The summed E-state index contributed by atoms with van der Waals surface area (Å²) in [6.45, 7) is 3.33. The van der Waals surface area contributed by atoms with Crippen molar-refractivity contribution in [3.63, 3.8) is 0 Å². The third-order valence-electron chi connectivity index (χ3n) is 4.30. The van der Waals surface area contributed by atoms with Gasteiger partial charge in [0.15, 0.2) is 0 Å². The minimum Gasteiger partial charge on any atom is -0.477 e. The maximum absolute atomic E-state index is 12.6. The fraction of sp³-hybridized carbons (Fsp3) is 0.438. The lowest BCUT2D eigenvalue weighted by molar-refractivity contribution is -0.149. The molecule has 3 heterocycles. The van der Waals surface area contributed by atoms with Crippen molar-refractivity contribution in [1.82, 2.24) is 20.0 Å². The minimum absolute atomic E-state index is 0.194. The molecule has 0 saturated carbocycles. The van der Waals surface area contributed by atoms with E-state index in [0.29, 0.717) is 22.3 Å². The smallest absolute Gasteiger partial charge is 0.352 e. The zero-order chi connectivity index (χ0) is 20.6. The van der Waals surface area contributed by atoms with Crippen LogP contribution in [0.15, 0.2) is 21.9 Å². The minimum atomic E-state index is -1.28. The van der Waals surface area contributed by atoms with Gasteiger partial charge in [-0.3, -0.25) is 24.0 Å². The van der Waals surface area contributed by atoms with E-state index in [2.05, 4.69) is 26.3 Å². The van der Waals surface area contributed by atoms with Crippen LogP contribution < -0.4 is 5.32 Å². The van der Waals surface area contributed by atoms with Gasteiger partial charge in [0.05, 0.1) is 10.7 Å². The Bertz CT molecular complexity index is 898. The van der Waals surface area contributed by atoms with Crippen molar-refractivity contribution < 1.29 is 29.0 Å². The molecule has 0 bridgehead atoms. The molecule has 28 heavy (non-hydrogen) atoms. The number of carbonyl (C=O) groups excluding carboxylic acids is 3. The molecule has 0 unspecified atom stereocenters. The summed E-state index contributed by atoms with van der Waals surface area (Å²) in [6, 6.07) is -0.853. The summed E-state index contributed by atoms with van der Waals surface area (Å²) in [4.78, 5) is 49.0. The lowest BCUT2D eigenvalue weighted by Gasteiger charge is -2.49. The van der Waals surface area contributed by atoms with Gasteiger partial charge in [-0.2, -0.15) is 5.10 Å². The summed E-state index contributed by atoms with van der Waals surface area (Å²) in [5, 5.41) is 15.7. The molecule has 0 aromatic carbocycles. The zero-order valence-electron chi connectivity index (χ0n) is 15.0. The molecule has 2 aliphatic rings. The molecule has 0 aliphatic carbocycles. The highest BCUT2D eigenvalue weighted by molar-refractivity contribution is 9.10. The first-order valence-corrected chi connectivity index (χ1v) is 10.2. The van der Waals surface area contributed by atoms with E-state index in [1.54, 1.807) is 0 Å². The molecule has 150 valence electrons. The lowest BCUT2D eigenvalue weighted by atomic mass is 10.0. The number of carbonyl (C=O) groups is 4. The topological polar surface area (TPSA) is 131 Å². The molecule has 2 N–H and O–H groups in total. The highest BCUT2D eigenvalue weighted by Crippen LogP contribution is 2.40. The summed E-state index contributed by atoms with van der Waals surface area (Å²) in [7, 11) is 0. The van der Waals surface area contributed by atoms with Crippen LogP contribution >= 0.6 is 27.7 Å². The van der Waals surface area contributed by atoms with Gasteiger partial charge in [-0.1, -0.05) is 0 Å². The van der Waals surface area contributed by atoms with Crippen LogP contribution in [0.25, 0.3) is 0 Å². The van der Waals surface area contributed by atoms with Crippen LogP contribution in [0.2, 0.25) is 0 Å². The van der Waals surface area contributed by atoms with E-state index < -0.39 is 35.2 Å². The molecule has 2 aliphatic heterocycles. The number of thioether (sulfide) groups is 1. The Morgan fingerprint density at radius 3 is 2.79 bits per heavy atom. The molecule has 0 spiro atoms. The molecule has 1 saturated heterocycles. The molecule has 12 heteroatoms. The second-order valence-corrected chi connectivity index (χ2v) is 8.01. The SMILES string of the molecule is CCn1ncc(Br)c1C(=O)N[C@@H]1C(=O)N2C(C(=O)O)=C(COC(C)=O)CS[C@@H]12. The van der Waals surface area contributed by atoms with Gasteiger partial charge in [0.2, 0.25) is 0 Å². The van der Waals surface area contributed by atoms with Gasteiger partial charge in [-0.15, -0.1) is 11.8 Å². The number of nitrogens with one attached hydrogen (secondary N) is 1. The van der Waals surface area contributed by atoms with Gasteiger partial charge in [-0.05, 0) is 22.9 Å². The molecule has 1 fully saturated rings. The number of nitrogens with zero attached hydrogens (tertiary/aromatic N) is 3. The number of halogens is 1. The number of aryl methyl sites for hydroxylation is 1. The first kappa shape index (κ1) is 20.4. The van der Waals surface area contributed by atoms with E-state index in [9.17, 15) is 24.3 Å². The second kappa shape index (κ2) is 7.95. The van der Waals surface area contributed by atoms with Crippen LogP contribution in [0.3, 0.4) is 0 Å². The van der Waals surface area contributed by atoms with Crippen molar-refractivity contribution in [2.45, 2.75) is 31.8 Å². The number of hydrogen-bond acceptors (Lipinski definition) is 7. The van der Waals surface area contributed by atoms with Crippen LogP contribution in [0.1, 0.15) is 24.3 Å². The number of esters is 1. The molecular weight excluding hydrogens is 456 g/mol. The van der Waals surface area contributed by atoms with Crippen molar-refractivity contribution in [1.29, 1.82) is 0 Å². The summed E-state index contributed by atoms with van der Waals surface area (Å²) in [5.41, 5.74) is 0.438. The van der Waals surface area contributed by atoms with Crippen LogP contribution in [-0.4, -0.2) is 67.3 Å². The lowest BCUT2D eigenvalue weighted by Crippen LogP contribution is -2.70. The first-order valence-electron chi connectivity index (χ1n) is 8.31. The Labute approximate surface area is 172 Å². The van der Waals surface area contributed by atoms with E-state index in [1.807, 2.05) is 6.92 Å². The van der Waals surface area contributed by atoms with Crippen molar-refractivity contribution in [2.75, 3.05) is 12.4 Å². The quantitative estimate of drug-likeness (QED) is 0.453. The van der Waals surface area contributed by atoms with E-state index in [-0.39, 0.29) is 18.1 Å². The van der Waals surface area contributed by atoms with Gasteiger partial charge in [0.1, 0.15) is 29.4 Å². The maximum Gasteiger partial charge on any atom is 0.352 e. The Balaban J connectivity index is 1.78. The second-order valence-electron chi connectivity index (χ2n) is 6.06. The van der Waals surface area contributed by atoms with Gasteiger partial charge in [0.25, 0.3) is 11.8 Å². The number of fused-ring (bicyclic) bond motifs is 1. The number of β-lactam (4-membered cyclic amide) rings is 1. The number of carboxylic acid groups (broad SMARTS) is 1. The summed E-state index contributed by atoms with van der Waals surface area (Å²) in [5.74, 6) is -2.55. The molecule has 3 rings (SSSR count). The van der Waals surface area contributed by atoms with Gasteiger partial charge in [-0.25, -0.2) is 4.79 Å². The fourth-order valence-corrected chi connectivity index (χ4v) is 4.82. The van der Waals surface area contributed by atoms with Crippen molar-refractivity contribution in [3.8, 4) is 0 Å². The normalized spacial score (nSPS) is 21.1. The number of ether oxygens (including phenoxy) is 1. The van der Waals surface area contributed by atoms with Crippen molar-refractivity contribution in [3.05, 3.63) is 27.6 Å². The Hall–Kier alpha value is -2.34. The predicted molar refractivity (Wildman–Crippen MR) is 101 cm³/mol. The number of carboxylic acids is 1. The summed E-state index contributed by atoms with van der Waals surface area (Å²) < 4.78 is 6.88. The van der Waals surface area contributed by atoms with Crippen molar-refractivity contribution >= 4 is 51.4 Å². The molecular formula is C16H17BrN4O6S.